The summed E-state index contributed by atoms with van der Waals surface area (Å²) in [5, 5.41) is 16.5. The van der Waals surface area contributed by atoms with Gasteiger partial charge in [-0.1, -0.05) is 0 Å². The van der Waals surface area contributed by atoms with E-state index in [4.69, 9.17) is 28.0 Å². The van der Waals surface area contributed by atoms with Crippen molar-refractivity contribution in [2.24, 2.45) is 32.9 Å². The van der Waals surface area contributed by atoms with Crippen LogP contribution >= 0.6 is 12.6 Å². The highest BCUT2D eigenvalue weighted by molar-refractivity contribution is 7.80. The van der Waals surface area contributed by atoms with Crippen LogP contribution in [-0.2, 0) is 19.2 Å². The van der Waals surface area contributed by atoms with Crippen molar-refractivity contribution >= 4 is 48.2 Å². The number of rotatable bonds is 15. The summed E-state index contributed by atoms with van der Waals surface area (Å²) in [6, 6.07) is -3.28. The number of nitrogens with two attached hydrogens (primary N) is 4. The minimum Gasteiger partial charge on any atom is -0.480 e. The van der Waals surface area contributed by atoms with E-state index in [0.29, 0.717) is 12.8 Å². The van der Waals surface area contributed by atoms with Gasteiger partial charge in [-0.3, -0.25) is 24.4 Å². The summed E-state index contributed by atoms with van der Waals surface area (Å²) < 4.78 is 0. The number of hydrogen-bond donors (Lipinski definition) is 9. The van der Waals surface area contributed by atoms with Crippen LogP contribution < -0.4 is 38.9 Å². The number of aliphatic carboxylic acids is 1. The average molecular weight is 476 g/mol. The molecule has 12 N–H and O–H groups in total. The molecule has 3 atom stereocenters. The molecule has 0 aromatic carbocycles. The molecular weight excluding hydrogens is 442 g/mol. The van der Waals surface area contributed by atoms with Crippen molar-refractivity contribution in [1.29, 1.82) is 0 Å². The molecule has 3 amide bonds. The molecular formula is C17H33N9O5S. The van der Waals surface area contributed by atoms with Gasteiger partial charge in [0.1, 0.15) is 18.1 Å². The van der Waals surface area contributed by atoms with Crippen LogP contribution in [0.2, 0.25) is 0 Å². The molecule has 0 radical (unpaired) electrons. The van der Waals surface area contributed by atoms with Gasteiger partial charge in [0.15, 0.2) is 11.9 Å². The molecule has 0 unspecified atom stereocenters. The second-order valence-electron chi connectivity index (χ2n) is 6.79. The van der Waals surface area contributed by atoms with Crippen LogP contribution in [0.1, 0.15) is 32.6 Å². The first-order chi connectivity index (χ1) is 15.0. The Labute approximate surface area is 191 Å². The van der Waals surface area contributed by atoms with Gasteiger partial charge in [-0.15, -0.1) is 0 Å². The molecule has 182 valence electrons. The molecule has 0 saturated heterocycles. The Bertz CT molecular complexity index is 709. The molecule has 0 aliphatic carbocycles. The molecule has 0 aromatic heterocycles. The van der Waals surface area contributed by atoms with E-state index in [9.17, 15) is 19.2 Å². The van der Waals surface area contributed by atoms with E-state index in [1.165, 1.54) is 6.92 Å². The Balaban J connectivity index is 5.31. The molecule has 0 aromatic rings. The summed E-state index contributed by atoms with van der Waals surface area (Å²) in [5.41, 5.74) is 21.1. The van der Waals surface area contributed by atoms with Gasteiger partial charge in [-0.05, 0) is 25.7 Å². The van der Waals surface area contributed by atoms with Crippen molar-refractivity contribution in [1.82, 2.24) is 16.0 Å². The first-order valence-corrected chi connectivity index (χ1v) is 10.4. The fourth-order valence-electron chi connectivity index (χ4n) is 2.52. The molecule has 32 heavy (non-hydrogen) atoms. The van der Waals surface area contributed by atoms with E-state index in [1.807, 2.05) is 0 Å². The van der Waals surface area contributed by atoms with E-state index in [2.05, 4.69) is 38.6 Å². The molecule has 0 saturated carbocycles. The predicted molar refractivity (Wildman–Crippen MR) is 123 cm³/mol. The number of carbonyl (C=O) groups excluding carboxylic acids is 3. The van der Waals surface area contributed by atoms with Gasteiger partial charge >= 0.3 is 5.97 Å². The van der Waals surface area contributed by atoms with E-state index < -0.39 is 41.8 Å². The smallest absolute Gasteiger partial charge is 0.327 e. The molecule has 0 aliphatic rings. The number of aliphatic imine (C=N–C) groups is 2. The number of carboxylic acids is 1. The Morgan fingerprint density at radius 2 is 1.22 bits per heavy atom. The van der Waals surface area contributed by atoms with Crippen LogP contribution in [0.4, 0.5) is 0 Å². The van der Waals surface area contributed by atoms with Crippen LogP contribution in [0.3, 0.4) is 0 Å². The predicted octanol–water partition coefficient (Wildman–Crippen LogP) is -3.42. The third-order valence-corrected chi connectivity index (χ3v) is 4.38. The molecule has 0 aliphatic heterocycles. The van der Waals surface area contributed by atoms with Gasteiger partial charge in [0.2, 0.25) is 17.7 Å². The van der Waals surface area contributed by atoms with Crippen LogP contribution in [0.5, 0.6) is 0 Å². The highest BCUT2D eigenvalue weighted by Gasteiger charge is 2.28. The lowest BCUT2D eigenvalue weighted by Crippen LogP contribution is -2.56. The van der Waals surface area contributed by atoms with Crippen molar-refractivity contribution in [3.8, 4) is 0 Å². The third kappa shape index (κ3) is 13.1. The maximum atomic E-state index is 12.8. The maximum Gasteiger partial charge on any atom is 0.327 e. The molecule has 0 bridgehead atoms. The van der Waals surface area contributed by atoms with Crippen LogP contribution in [0.15, 0.2) is 9.98 Å². The number of hydrogen-bond acceptors (Lipinski definition) is 7. The fourth-order valence-corrected chi connectivity index (χ4v) is 2.77. The molecule has 0 fully saturated rings. The number of nitrogens with one attached hydrogen (secondary N) is 3. The Hall–Kier alpha value is -3.23. The third-order valence-electron chi connectivity index (χ3n) is 4.01. The summed E-state index contributed by atoms with van der Waals surface area (Å²) in [6.07, 6.45) is 1.04. The minimum absolute atomic E-state index is 0.0970. The zero-order valence-corrected chi connectivity index (χ0v) is 18.8. The molecule has 15 heteroatoms. The minimum atomic E-state index is -1.27. The number of guanidine groups is 2. The number of carbonyl (C=O) groups is 4. The SMILES string of the molecule is CC(=O)N[C@@H](CCCN=C(N)N)C(=O)N[C@@H](CCCN=C(N)N)C(=O)N[C@H](CS)C(=O)O. The van der Waals surface area contributed by atoms with E-state index in [1.54, 1.807) is 0 Å². The molecule has 0 spiro atoms. The normalized spacial score (nSPS) is 13.1. The lowest BCUT2D eigenvalue weighted by atomic mass is 10.1. The fraction of sp³-hybridized carbons (Fsp3) is 0.647. The van der Waals surface area contributed by atoms with E-state index in [-0.39, 0.29) is 43.6 Å². The lowest BCUT2D eigenvalue weighted by molar-refractivity contribution is -0.141. The zero-order chi connectivity index (χ0) is 24.7. The van der Waals surface area contributed by atoms with Gasteiger partial charge in [0.25, 0.3) is 0 Å². The highest BCUT2D eigenvalue weighted by Crippen LogP contribution is 2.04. The molecule has 14 nitrogen and oxygen atoms in total. The number of carboxylic acid groups (broad SMARTS) is 1. The number of nitrogens with zero attached hydrogens (tertiary/aromatic N) is 2. The number of thiol groups is 1. The summed E-state index contributed by atoms with van der Waals surface area (Å²) in [5.74, 6) is -3.41. The van der Waals surface area contributed by atoms with Crippen LogP contribution in [0.25, 0.3) is 0 Å². The van der Waals surface area contributed by atoms with Crippen LogP contribution in [-0.4, -0.2) is 77.7 Å². The zero-order valence-electron chi connectivity index (χ0n) is 17.9. The second-order valence-corrected chi connectivity index (χ2v) is 7.16. The molecule has 0 rings (SSSR count). The van der Waals surface area contributed by atoms with Crippen molar-refractivity contribution < 1.29 is 24.3 Å². The highest BCUT2D eigenvalue weighted by atomic mass is 32.1. The van der Waals surface area contributed by atoms with Crippen molar-refractivity contribution in [3.63, 3.8) is 0 Å². The van der Waals surface area contributed by atoms with Gasteiger partial charge in [-0.2, -0.15) is 12.6 Å². The van der Waals surface area contributed by atoms with Crippen molar-refractivity contribution in [2.75, 3.05) is 18.8 Å². The van der Waals surface area contributed by atoms with Crippen molar-refractivity contribution in [2.45, 2.75) is 50.7 Å². The monoisotopic (exact) mass is 475 g/mol. The van der Waals surface area contributed by atoms with Gasteiger partial charge < -0.3 is 44.0 Å². The summed E-state index contributed by atoms with van der Waals surface area (Å²) in [6.45, 7) is 1.70. The summed E-state index contributed by atoms with van der Waals surface area (Å²) >= 11 is 3.90. The average Bonchev–Trinajstić information content (AvgIpc) is 2.69. The summed E-state index contributed by atoms with van der Waals surface area (Å²) in [4.78, 5) is 55.7. The second kappa shape index (κ2) is 15.6. The first-order valence-electron chi connectivity index (χ1n) is 9.80. The van der Waals surface area contributed by atoms with Gasteiger partial charge in [0, 0.05) is 25.8 Å². The Kier molecular flexibility index (Phi) is 14.0. The van der Waals surface area contributed by atoms with Crippen molar-refractivity contribution in [3.05, 3.63) is 0 Å². The van der Waals surface area contributed by atoms with E-state index in [0.717, 1.165) is 0 Å². The topological polar surface area (TPSA) is 253 Å². The summed E-state index contributed by atoms with van der Waals surface area (Å²) in [7, 11) is 0. The Morgan fingerprint density at radius 3 is 1.56 bits per heavy atom. The standard InChI is InChI=1S/C17H33N9O5S/c1-9(27)24-10(4-2-6-22-16(18)19)13(28)25-11(5-3-7-23-17(20)21)14(29)26-12(8-32)15(30)31/h10-12,32H,2-8H2,1H3,(H,24,27)(H,25,28)(H,26,29)(H,30,31)(H4,18,19,22)(H4,20,21,23)/t10-,11-,12+/m0/s1. The quantitative estimate of drug-likeness (QED) is 0.0494. The first kappa shape index (κ1) is 28.8. The van der Waals surface area contributed by atoms with Crippen LogP contribution in [0, 0.1) is 0 Å². The largest absolute Gasteiger partial charge is 0.480 e. The maximum absolute atomic E-state index is 12.8. The van der Waals surface area contributed by atoms with Gasteiger partial charge in [-0.25, -0.2) is 4.79 Å². The Morgan fingerprint density at radius 1 is 0.812 bits per heavy atom. The molecule has 0 heterocycles. The van der Waals surface area contributed by atoms with E-state index >= 15 is 0 Å². The number of amides is 3. The van der Waals surface area contributed by atoms with Gasteiger partial charge in [0.05, 0.1) is 0 Å². The lowest BCUT2D eigenvalue weighted by Gasteiger charge is -2.24.